The second-order valence-corrected chi connectivity index (χ2v) is 5.48. The summed E-state index contributed by atoms with van der Waals surface area (Å²) in [6.45, 7) is 0. The van der Waals surface area contributed by atoms with Crippen LogP contribution in [0.5, 0.6) is 0 Å². The molecule has 0 amide bonds. The van der Waals surface area contributed by atoms with Crippen molar-refractivity contribution >= 4 is 11.6 Å². The summed E-state index contributed by atoms with van der Waals surface area (Å²) < 4.78 is 0. The summed E-state index contributed by atoms with van der Waals surface area (Å²) in [6, 6.07) is 0. The zero-order valence-electron chi connectivity index (χ0n) is 8.97. The van der Waals surface area contributed by atoms with Gasteiger partial charge in [-0.15, -0.1) is 11.6 Å². The topological polar surface area (TPSA) is 0 Å². The second-order valence-electron chi connectivity index (χ2n) is 4.92. The number of halogens is 1. The van der Waals surface area contributed by atoms with Crippen LogP contribution in [0.2, 0.25) is 0 Å². The van der Waals surface area contributed by atoms with Crippen molar-refractivity contribution in [2.24, 2.45) is 5.92 Å². The summed E-state index contributed by atoms with van der Waals surface area (Å²) in [7, 11) is 0. The van der Waals surface area contributed by atoms with Gasteiger partial charge in [-0.05, 0) is 38.0 Å². The third-order valence-corrected chi connectivity index (χ3v) is 4.09. The Bertz CT molecular complexity index is 201. The molecule has 80 valence electrons. The monoisotopic (exact) mass is 212 g/mol. The minimum atomic E-state index is 0.335. The SMILES string of the molecule is ClC1C=C(CCC2CCCC2)CCC1. The fraction of sp³-hybridized carbons (Fsp3) is 0.846. The second kappa shape index (κ2) is 5.21. The lowest BCUT2D eigenvalue weighted by Crippen LogP contribution is -2.04. The average Bonchev–Trinajstić information content (AvgIpc) is 2.67. The van der Waals surface area contributed by atoms with Crippen LogP contribution in [0.25, 0.3) is 0 Å². The highest BCUT2D eigenvalue weighted by atomic mass is 35.5. The van der Waals surface area contributed by atoms with Crippen LogP contribution in [-0.4, -0.2) is 5.38 Å². The van der Waals surface area contributed by atoms with Gasteiger partial charge in [0.1, 0.15) is 0 Å². The van der Waals surface area contributed by atoms with Crippen LogP contribution >= 0.6 is 11.6 Å². The third kappa shape index (κ3) is 3.02. The van der Waals surface area contributed by atoms with Crippen molar-refractivity contribution < 1.29 is 0 Å². The number of allylic oxidation sites excluding steroid dienone is 2. The number of hydrogen-bond acceptors (Lipinski definition) is 0. The van der Waals surface area contributed by atoms with Gasteiger partial charge in [0.2, 0.25) is 0 Å². The molecule has 0 bridgehead atoms. The highest BCUT2D eigenvalue weighted by Gasteiger charge is 2.16. The quantitative estimate of drug-likeness (QED) is 0.471. The van der Waals surface area contributed by atoms with Gasteiger partial charge in [0.05, 0.1) is 5.38 Å². The molecule has 0 heterocycles. The highest BCUT2D eigenvalue weighted by Crippen LogP contribution is 2.32. The molecule has 0 spiro atoms. The van der Waals surface area contributed by atoms with E-state index in [0.717, 1.165) is 5.92 Å². The zero-order valence-corrected chi connectivity index (χ0v) is 9.73. The average molecular weight is 213 g/mol. The molecule has 14 heavy (non-hydrogen) atoms. The molecule has 1 fully saturated rings. The lowest BCUT2D eigenvalue weighted by atomic mass is 9.92. The molecule has 0 N–H and O–H groups in total. The molecule has 0 radical (unpaired) electrons. The first kappa shape index (κ1) is 10.5. The molecular formula is C13H21Cl. The van der Waals surface area contributed by atoms with Gasteiger partial charge in [-0.25, -0.2) is 0 Å². The van der Waals surface area contributed by atoms with E-state index in [1.807, 2.05) is 0 Å². The van der Waals surface area contributed by atoms with Crippen LogP contribution in [-0.2, 0) is 0 Å². The van der Waals surface area contributed by atoms with Crippen LogP contribution in [0.4, 0.5) is 0 Å². The molecular weight excluding hydrogens is 192 g/mol. The maximum atomic E-state index is 6.13. The molecule has 0 aromatic rings. The highest BCUT2D eigenvalue weighted by molar-refractivity contribution is 6.21. The standard InChI is InChI=1S/C13H21Cl/c14-13-7-3-6-12(10-13)9-8-11-4-1-2-5-11/h10-11,13H,1-9H2. The Kier molecular flexibility index (Phi) is 3.92. The number of alkyl halides is 1. The molecule has 0 nitrogen and oxygen atoms in total. The van der Waals surface area contributed by atoms with Gasteiger partial charge < -0.3 is 0 Å². The Balaban J connectivity index is 1.73. The van der Waals surface area contributed by atoms with Crippen molar-refractivity contribution in [1.29, 1.82) is 0 Å². The minimum Gasteiger partial charge on any atom is -0.118 e. The number of rotatable bonds is 3. The van der Waals surface area contributed by atoms with E-state index in [9.17, 15) is 0 Å². The summed E-state index contributed by atoms with van der Waals surface area (Å²) in [5.74, 6) is 1.03. The number of hydrogen-bond donors (Lipinski definition) is 0. The zero-order chi connectivity index (χ0) is 9.80. The Morgan fingerprint density at radius 1 is 1.14 bits per heavy atom. The Labute approximate surface area is 92.7 Å². The van der Waals surface area contributed by atoms with E-state index in [2.05, 4.69) is 6.08 Å². The molecule has 0 aromatic carbocycles. The molecule has 0 saturated heterocycles. The summed E-state index contributed by atoms with van der Waals surface area (Å²) in [5.41, 5.74) is 1.64. The summed E-state index contributed by atoms with van der Waals surface area (Å²) >= 11 is 6.13. The van der Waals surface area contributed by atoms with Gasteiger partial charge in [0.15, 0.2) is 0 Å². The van der Waals surface area contributed by atoms with Crippen molar-refractivity contribution in [3.05, 3.63) is 11.6 Å². The maximum absolute atomic E-state index is 6.13. The predicted molar refractivity (Wildman–Crippen MR) is 62.8 cm³/mol. The van der Waals surface area contributed by atoms with Crippen molar-refractivity contribution in [3.63, 3.8) is 0 Å². The van der Waals surface area contributed by atoms with E-state index in [4.69, 9.17) is 11.6 Å². The van der Waals surface area contributed by atoms with Gasteiger partial charge in [0, 0.05) is 0 Å². The smallest absolute Gasteiger partial charge is 0.0518 e. The molecule has 2 aliphatic carbocycles. The van der Waals surface area contributed by atoms with Gasteiger partial charge in [-0.3, -0.25) is 0 Å². The molecule has 2 aliphatic rings. The molecule has 1 atom stereocenters. The molecule has 1 unspecified atom stereocenters. The third-order valence-electron chi connectivity index (χ3n) is 3.74. The maximum Gasteiger partial charge on any atom is 0.0518 e. The van der Waals surface area contributed by atoms with Crippen LogP contribution in [0.15, 0.2) is 11.6 Å². The molecule has 0 aromatic heterocycles. The van der Waals surface area contributed by atoms with Gasteiger partial charge in [-0.1, -0.05) is 37.3 Å². The van der Waals surface area contributed by atoms with E-state index < -0.39 is 0 Å². The predicted octanol–water partition coefficient (Wildman–Crippen LogP) is 4.67. The van der Waals surface area contributed by atoms with Crippen molar-refractivity contribution in [1.82, 2.24) is 0 Å². The summed E-state index contributed by atoms with van der Waals surface area (Å²) in [5, 5.41) is 0.335. The Morgan fingerprint density at radius 2 is 1.93 bits per heavy atom. The molecule has 2 rings (SSSR count). The molecule has 1 heteroatoms. The largest absolute Gasteiger partial charge is 0.118 e. The Hall–Kier alpha value is 0.0300. The lowest BCUT2D eigenvalue weighted by Gasteiger charge is -2.17. The minimum absolute atomic E-state index is 0.335. The van der Waals surface area contributed by atoms with Crippen LogP contribution < -0.4 is 0 Å². The molecule has 0 aliphatic heterocycles. The van der Waals surface area contributed by atoms with Crippen LogP contribution in [0, 0.1) is 5.92 Å². The van der Waals surface area contributed by atoms with E-state index in [1.54, 1.807) is 5.57 Å². The van der Waals surface area contributed by atoms with Crippen LogP contribution in [0.1, 0.15) is 57.8 Å². The van der Waals surface area contributed by atoms with E-state index >= 15 is 0 Å². The van der Waals surface area contributed by atoms with Crippen molar-refractivity contribution in [2.45, 2.75) is 63.2 Å². The molecule has 1 saturated carbocycles. The van der Waals surface area contributed by atoms with E-state index in [1.165, 1.54) is 57.8 Å². The first-order valence-electron chi connectivity index (χ1n) is 6.18. The fourth-order valence-electron chi connectivity index (χ4n) is 2.84. The van der Waals surface area contributed by atoms with Gasteiger partial charge in [0.25, 0.3) is 0 Å². The van der Waals surface area contributed by atoms with Gasteiger partial charge in [-0.2, -0.15) is 0 Å². The normalized spacial score (nSPS) is 29.2. The lowest BCUT2D eigenvalue weighted by molar-refractivity contribution is 0.493. The summed E-state index contributed by atoms with van der Waals surface area (Å²) in [4.78, 5) is 0. The van der Waals surface area contributed by atoms with Gasteiger partial charge >= 0.3 is 0 Å². The summed E-state index contributed by atoms with van der Waals surface area (Å²) in [6.07, 6.45) is 14.8. The fourth-order valence-corrected chi connectivity index (χ4v) is 3.18. The van der Waals surface area contributed by atoms with E-state index in [-0.39, 0.29) is 0 Å². The van der Waals surface area contributed by atoms with Crippen molar-refractivity contribution in [3.8, 4) is 0 Å². The first-order chi connectivity index (χ1) is 6.84. The Morgan fingerprint density at radius 3 is 2.64 bits per heavy atom. The van der Waals surface area contributed by atoms with E-state index in [0.29, 0.717) is 5.38 Å². The van der Waals surface area contributed by atoms with Crippen LogP contribution in [0.3, 0.4) is 0 Å². The van der Waals surface area contributed by atoms with Crippen molar-refractivity contribution in [2.75, 3.05) is 0 Å². The first-order valence-corrected chi connectivity index (χ1v) is 6.62.